The molecule has 1 unspecified atom stereocenters. The Bertz CT molecular complexity index is 814. The number of aryl methyl sites for hydroxylation is 1. The molecule has 2 rings (SSSR count). The number of hydrogen-bond donors (Lipinski definition) is 1. The molecule has 0 aliphatic rings. The van der Waals surface area contributed by atoms with Gasteiger partial charge in [0.1, 0.15) is 5.75 Å². The lowest BCUT2D eigenvalue weighted by atomic mass is 9.93. The van der Waals surface area contributed by atoms with Crippen LogP contribution < -0.4 is 4.74 Å². The van der Waals surface area contributed by atoms with Gasteiger partial charge in [-0.3, -0.25) is 4.55 Å². The number of benzene rings is 2. The van der Waals surface area contributed by atoms with Crippen LogP contribution >= 0.6 is 0 Å². The van der Waals surface area contributed by atoms with Crippen LogP contribution in [0.4, 0.5) is 0 Å². The second kappa shape index (κ2) is 8.47. The molecule has 0 saturated heterocycles. The average Bonchev–Trinajstić information content (AvgIpc) is 2.52. The predicted octanol–water partition coefficient (Wildman–Crippen LogP) is 3.65. The standard InChI is InChI=1S/C19H24O5S/c1-14-7-8-19(25(20,21)22)17(10-14)11-15(2)9-16-5-4-6-18(12-16)24-13-23-3/h4-8,10,12,15H,9,11,13H2,1-3H3,(H,20,21,22). The molecule has 0 spiro atoms. The fraction of sp³-hybridized carbons (Fsp3) is 0.368. The molecule has 0 radical (unpaired) electrons. The summed E-state index contributed by atoms with van der Waals surface area (Å²) in [6.07, 6.45) is 1.32. The van der Waals surface area contributed by atoms with E-state index in [9.17, 15) is 13.0 Å². The third-order valence-corrected chi connectivity index (χ3v) is 4.84. The summed E-state index contributed by atoms with van der Waals surface area (Å²) in [5.74, 6) is 0.931. The lowest BCUT2D eigenvalue weighted by molar-refractivity contribution is 0.0511. The lowest BCUT2D eigenvalue weighted by Gasteiger charge is -2.15. The molecule has 2 aromatic carbocycles. The van der Waals surface area contributed by atoms with Crippen LogP contribution in [0.1, 0.15) is 23.6 Å². The highest BCUT2D eigenvalue weighted by Gasteiger charge is 2.17. The summed E-state index contributed by atoms with van der Waals surface area (Å²) in [5.41, 5.74) is 2.70. The van der Waals surface area contributed by atoms with Crippen LogP contribution in [0.5, 0.6) is 5.75 Å². The van der Waals surface area contributed by atoms with E-state index in [1.165, 1.54) is 6.07 Å². The fourth-order valence-electron chi connectivity index (χ4n) is 2.86. The van der Waals surface area contributed by atoms with Crippen molar-refractivity contribution in [2.45, 2.75) is 31.6 Å². The highest BCUT2D eigenvalue weighted by molar-refractivity contribution is 7.85. The Hall–Kier alpha value is -1.89. The van der Waals surface area contributed by atoms with Gasteiger partial charge in [0.05, 0.1) is 4.90 Å². The van der Waals surface area contributed by atoms with E-state index in [-0.39, 0.29) is 17.6 Å². The molecule has 1 N–H and O–H groups in total. The van der Waals surface area contributed by atoms with Crippen molar-refractivity contribution in [3.63, 3.8) is 0 Å². The zero-order valence-electron chi connectivity index (χ0n) is 14.7. The Morgan fingerprint density at radius 3 is 2.56 bits per heavy atom. The van der Waals surface area contributed by atoms with Crippen molar-refractivity contribution in [2.24, 2.45) is 5.92 Å². The highest BCUT2D eigenvalue weighted by atomic mass is 32.2. The molecule has 0 aromatic heterocycles. The maximum Gasteiger partial charge on any atom is 0.294 e. The monoisotopic (exact) mass is 364 g/mol. The van der Waals surface area contributed by atoms with Gasteiger partial charge >= 0.3 is 0 Å². The highest BCUT2D eigenvalue weighted by Crippen LogP contribution is 2.23. The van der Waals surface area contributed by atoms with Gasteiger partial charge in [-0.15, -0.1) is 0 Å². The van der Waals surface area contributed by atoms with Gasteiger partial charge in [0.25, 0.3) is 10.1 Å². The van der Waals surface area contributed by atoms with Gasteiger partial charge in [-0.2, -0.15) is 8.42 Å². The Morgan fingerprint density at radius 2 is 1.88 bits per heavy atom. The first-order valence-electron chi connectivity index (χ1n) is 8.07. The Balaban J connectivity index is 2.13. The molecule has 0 heterocycles. The largest absolute Gasteiger partial charge is 0.468 e. The summed E-state index contributed by atoms with van der Waals surface area (Å²) >= 11 is 0. The van der Waals surface area contributed by atoms with Gasteiger partial charge in [-0.25, -0.2) is 0 Å². The van der Waals surface area contributed by atoms with Crippen molar-refractivity contribution in [1.82, 2.24) is 0 Å². The van der Waals surface area contributed by atoms with Crippen LogP contribution in [0.2, 0.25) is 0 Å². The van der Waals surface area contributed by atoms with E-state index in [0.29, 0.717) is 12.0 Å². The smallest absolute Gasteiger partial charge is 0.294 e. The Kier molecular flexibility index (Phi) is 6.58. The molecule has 0 fully saturated rings. The number of methoxy groups -OCH3 is 1. The molecule has 25 heavy (non-hydrogen) atoms. The quantitative estimate of drug-likeness (QED) is 0.572. The van der Waals surface area contributed by atoms with E-state index < -0.39 is 10.1 Å². The van der Waals surface area contributed by atoms with E-state index in [1.807, 2.05) is 37.3 Å². The van der Waals surface area contributed by atoms with Crippen LogP contribution in [0.3, 0.4) is 0 Å². The third-order valence-electron chi connectivity index (χ3n) is 3.89. The first-order chi connectivity index (χ1) is 11.8. The van der Waals surface area contributed by atoms with Crippen molar-refractivity contribution in [3.8, 4) is 5.75 Å². The fourth-order valence-corrected chi connectivity index (χ4v) is 3.57. The van der Waals surface area contributed by atoms with E-state index in [0.717, 1.165) is 23.3 Å². The first kappa shape index (κ1) is 19.4. The Morgan fingerprint density at radius 1 is 1.12 bits per heavy atom. The van der Waals surface area contributed by atoms with Crippen LogP contribution in [-0.2, 0) is 27.7 Å². The molecule has 0 amide bonds. The van der Waals surface area contributed by atoms with E-state index in [4.69, 9.17) is 9.47 Å². The third kappa shape index (κ3) is 5.85. The topological polar surface area (TPSA) is 72.8 Å². The van der Waals surface area contributed by atoms with E-state index in [1.54, 1.807) is 13.2 Å². The van der Waals surface area contributed by atoms with Crippen LogP contribution in [0, 0.1) is 12.8 Å². The molecule has 6 heteroatoms. The summed E-state index contributed by atoms with van der Waals surface area (Å²) in [7, 11) is -2.65. The normalized spacial score (nSPS) is 12.8. The summed E-state index contributed by atoms with van der Waals surface area (Å²) in [6, 6.07) is 12.7. The number of ether oxygens (including phenoxy) is 2. The second-order valence-electron chi connectivity index (χ2n) is 6.30. The molecular formula is C19H24O5S. The minimum Gasteiger partial charge on any atom is -0.468 e. The molecule has 1 atom stereocenters. The minimum atomic E-state index is -4.22. The maximum absolute atomic E-state index is 11.6. The van der Waals surface area contributed by atoms with E-state index in [2.05, 4.69) is 6.92 Å². The summed E-state index contributed by atoms with van der Waals surface area (Å²) in [4.78, 5) is -0.0119. The zero-order chi connectivity index (χ0) is 18.4. The second-order valence-corrected chi connectivity index (χ2v) is 7.69. The SMILES string of the molecule is COCOc1cccc(CC(C)Cc2cc(C)ccc2S(=O)(=O)O)c1. The van der Waals surface area contributed by atoms with Crippen molar-refractivity contribution in [3.05, 3.63) is 59.2 Å². The maximum atomic E-state index is 11.6. The predicted molar refractivity (Wildman–Crippen MR) is 96.5 cm³/mol. The summed E-state index contributed by atoms with van der Waals surface area (Å²) < 4.78 is 42.9. The van der Waals surface area contributed by atoms with Crippen LogP contribution in [0.15, 0.2) is 47.4 Å². The molecule has 2 aromatic rings. The van der Waals surface area contributed by atoms with Crippen molar-refractivity contribution in [2.75, 3.05) is 13.9 Å². The number of rotatable bonds is 8. The molecular weight excluding hydrogens is 340 g/mol. The lowest BCUT2D eigenvalue weighted by Crippen LogP contribution is -2.09. The van der Waals surface area contributed by atoms with Crippen LogP contribution in [-0.4, -0.2) is 26.9 Å². The zero-order valence-corrected chi connectivity index (χ0v) is 15.5. The van der Waals surface area contributed by atoms with Gasteiger partial charge in [-0.1, -0.05) is 36.8 Å². The van der Waals surface area contributed by atoms with Gasteiger partial charge in [0.2, 0.25) is 0 Å². The molecule has 0 aliphatic heterocycles. The van der Waals surface area contributed by atoms with Gasteiger partial charge < -0.3 is 9.47 Å². The molecule has 0 aliphatic carbocycles. The van der Waals surface area contributed by atoms with Crippen molar-refractivity contribution >= 4 is 10.1 Å². The molecule has 136 valence electrons. The number of hydrogen-bond acceptors (Lipinski definition) is 4. The van der Waals surface area contributed by atoms with Gasteiger partial charge in [-0.05, 0) is 55.0 Å². The molecule has 5 nitrogen and oxygen atoms in total. The average molecular weight is 364 g/mol. The van der Waals surface area contributed by atoms with E-state index >= 15 is 0 Å². The van der Waals surface area contributed by atoms with Crippen LogP contribution in [0.25, 0.3) is 0 Å². The Labute approximate surface area is 149 Å². The molecule has 0 bridgehead atoms. The van der Waals surface area contributed by atoms with Crippen molar-refractivity contribution in [1.29, 1.82) is 0 Å². The van der Waals surface area contributed by atoms with Gasteiger partial charge in [0, 0.05) is 7.11 Å². The first-order valence-corrected chi connectivity index (χ1v) is 9.51. The summed E-state index contributed by atoms with van der Waals surface area (Å²) in [5, 5.41) is 0. The molecule has 0 saturated carbocycles. The van der Waals surface area contributed by atoms with Crippen molar-refractivity contribution < 1.29 is 22.4 Å². The van der Waals surface area contributed by atoms with Gasteiger partial charge in [0.15, 0.2) is 6.79 Å². The minimum absolute atomic E-state index is 0.0119. The summed E-state index contributed by atoms with van der Waals surface area (Å²) in [6.45, 7) is 4.15.